The Bertz CT molecular complexity index is 945. The highest BCUT2D eigenvalue weighted by molar-refractivity contribution is 9.10. The van der Waals surface area contributed by atoms with Crippen molar-refractivity contribution in [2.45, 2.75) is 6.92 Å². The number of Topliss-reactive ketones (excluding diaryl/α,β-unsaturated/α-hetero) is 1. The number of para-hydroxylation sites is 1. The van der Waals surface area contributed by atoms with Gasteiger partial charge in [0.15, 0.2) is 17.3 Å². The predicted molar refractivity (Wildman–Crippen MR) is 101 cm³/mol. The van der Waals surface area contributed by atoms with E-state index in [9.17, 15) is 20.0 Å². The number of ether oxygens (including phenoxy) is 1. The molecule has 0 fully saturated rings. The van der Waals surface area contributed by atoms with Crippen molar-refractivity contribution in [2.75, 3.05) is 12.4 Å². The van der Waals surface area contributed by atoms with Gasteiger partial charge in [0.25, 0.3) is 5.91 Å². The van der Waals surface area contributed by atoms with Gasteiger partial charge in [-0.25, -0.2) is 0 Å². The van der Waals surface area contributed by atoms with E-state index in [1.807, 2.05) is 6.07 Å². The highest BCUT2D eigenvalue weighted by atomic mass is 79.9. The summed E-state index contributed by atoms with van der Waals surface area (Å²) in [6, 6.07) is 11.4. The average Bonchev–Trinajstić information content (AvgIpc) is 2.62. The molecule has 0 spiro atoms. The lowest BCUT2D eigenvalue weighted by Crippen LogP contribution is -2.15. The van der Waals surface area contributed by atoms with Crippen LogP contribution in [0.4, 0.5) is 5.69 Å². The number of hydrogen-bond acceptors (Lipinski definition) is 5. The summed E-state index contributed by atoms with van der Waals surface area (Å²) in [5.41, 5.74) is 1.00. The lowest BCUT2D eigenvalue weighted by atomic mass is 10.1. The molecular formula is C19H15BrN2O4. The molecule has 2 aromatic rings. The number of aromatic hydroxyl groups is 1. The summed E-state index contributed by atoms with van der Waals surface area (Å²) in [7, 11) is 1.39. The lowest BCUT2D eigenvalue weighted by molar-refractivity contribution is -0.112. The zero-order valence-corrected chi connectivity index (χ0v) is 15.6. The molecule has 0 bridgehead atoms. The monoisotopic (exact) mass is 414 g/mol. The van der Waals surface area contributed by atoms with Gasteiger partial charge < -0.3 is 15.2 Å². The van der Waals surface area contributed by atoms with Crippen LogP contribution in [-0.2, 0) is 4.79 Å². The normalized spacial score (nSPS) is 10.8. The first-order valence-electron chi connectivity index (χ1n) is 7.47. The van der Waals surface area contributed by atoms with Crippen LogP contribution in [0.1, 0.15) is 22.8 Å². The lowest BCUT2D eigenvalue weighted by Gasteiger charge is -2.09. The van der Waals surface area contributed by atoms with Gasteiger partial charge in [0.2, 0.25) is 0 Å². The third kappa shape index (κ3) is 4.29. The number of halogens is 1. The van der Waals surface area contributed by atoms with Crippen LogP contribution in [0.2, 0.25) is 0 Å². The van der Waals surface area contributed by atoms with E-state index in [0.717, 1.165) is 0 Å². The van der Waals surface area contributed by atoms with Crippen LogP contribution in [0.5, 0.6) is 11.5 Å². The minimum Gasteiger partial charge on any atom is -0.503 e. The number of benzene rings is 2. The summed E-state index contributed by atoms with van der Waals surface area (Å²) in [6.07, 6.45) is 1.36. The van der Waals surface area contributed by atoms with E-state index < -0.39 is 5.91 Å². The molecule has 0 saturated carbocycles. The van der Waals surface area contributed by atoms with Crippen molar-refractivity contribution in [1.29, 1.82) is 5.26 Å². The second-order valence-corrected chi connectivity index (χ2v) is 6.13. The summed E-state index contributed by atoms with van der Waals surface area (Å²) in [5.74, 6) is -0.729. The predicted octanol–water partition coefficient (Wildman–Crippen LogP) is 3.91. The number of methoxy groups -OCH3 is 1. The molecule has 26 heavy (non-hydrogen) atoms. The fourth-order valence-corrected chi connectivity index (χ4v) is 2.70. The van der Waals surface area contributed by atoms with Crippen molar-refractivity contribution in [3.8, 4) is 17.6 Å². The first-order valence-corrected chi connectivity index (χ1v) is 8.26. The quantitative estimate of drug-likeness (QED) is 0.438. The van der Waals surface area contributed by atoms with Gasteiger partial charge >= 0.3 is 0 Å². The fourth-order valence-electron chi connectivity index (χ4n) is 2.24. The van der Waals surface area contributed by atoms with Gasteiger partial charge in [0.1, 0.15) is 11.6 Å². The summed E-state index contributed by atoms with van der Waals surface area (Å²) in [4.78, 5) is 24.1. The van der Waals surface area contributed by atoms with Gasteiger partial charge in [-0.2, -0.15) is 5.26 Å². The van der Waals surface area contributed by atoms with Gasteiger partial charge in [0.05, 0.1) is 17.3 Å². The van der Waals surface area contributed by atoms with Gasteiger partial charge in [0, 0.05) is 5.56 Å². The van der Waals surface area contributed by atoms with Crippen molar-refractivity contribution in [3.05, 3.63) is 57.6 Å². The topological polar surface area (TPSA) is 99.4 Å². The summed E-state index contributed by atoms with van der Waals surface area (Å²) in [6.45, 7) is 1.40. The number of nitrogens with one attached hydrogen (secondary N) is 1. The molecule has 0 heterocycles. The van der Waals surface area contributed by atoms with Gasteiger partial charge in [-0.15, -0.1) is 0 Å². The first-order chi connectivity index (χ1) is 12.4. The Kier molecular flexibility index (Phi) is 6.15. The van der Waals surface area contributed by atoms with E-state index in [0.29, 0.717) is 21.3 Å². The molecule has 0 aliphatic rings. The maximum Gasteiger partial charge on any atom is 0.266 e. The maximum atomic E-state index is 12.4. The molecule has 0 aliphatic heterocycles. The largest absolute Gasteiger partial charge is 0.503 e. The maximum absolute atomic E-state index is 12.4. The number of hydrogen-bond donors (Lipinski definition) is 2. The van der Waals surface area contributed by atoms with Gasteiger partial charge in [-0.3, -0.25) is 9.59 Å². The molecule has 0 aliphatic carbocycles. The molecule has 2 N–H and O–H groups in total. The van der Waals surface area contributed by atoms with Crippen molar-refractivity contribution in [1.82, 2.24) is 0 Å². The molecule has 0 aromatic heterocycles. The van der Waals surface area contributed by atoms with Gasteiger partial charge in [-0.05, 0) is 58.8 Å². The van der Waals surface area contributed by atoms with E-state index in [-0.39, 0.29) is 22.9 Å². The molecular weight excluding hydrogens is 400 g/mol. The second-order valence-electron chi connectivity index (χ2n) is 5.28. The zero-order valence-electron chi connectivity index (χ0n) is 14.0. The average molecular weight is 415 g/mol. The van der Waals surface area contributed by atoms with E-state index >= 15 is 0 Å². The number of phenolic OH excluding ortho intramolecular Hbond substituents is 1. The Morgan fingerprint density at radius 1 is 1.31 bits per heavy atom. The van der Waals surface area contributed by atoms with Crippen LogP contribution in [0.25, 0.3) is 6.08 Å². The minimum absolute atomic E-state index is 0.0806. The van der Waals surface area contributed by atoms with Gasteiger partial charge in [-0.1, -0.05) is 12.1 Å². The number of nitriles is 1. The fraction of sp³-hybridized carbons (Fsp3) is 0.105. The second kappa shape index (κ2) is 8.32. The molecule has 6 nitrogen and oxygen atoms in total. The van der Waals surface area contributed by atoms with Crippen molar-refractivity contribution < 1.29 is 19.4 Å². The number of carbonyl (C=O) groups is 2. The van der Waals surface area contributed by atoms with Crippen molar-refractivity contribution in [2.24, 2.45) is 0 Å². The molecule has 1 amide bonds. The molecule has 0 atom stereocenters. The first kappa shape index (κ1) is 19.2. The third-order valence-electron chi connectivity index (χ3n) is 3.50. The van der Waals surface area contributed by atoms with Crippen LogP contribution >= 0.6 is 15.9 Å². The standard InChI is InChI=1S/C19H15BrN2O4/c1-11(23)14-5-3-4-6-16(14)22-19(25)13(10-21)7-12-8-15(20)18(24)17(9-12)26-2/h3-9,24H,1-2H3,(H,22,25)/b13-7-. The molecule has 0 radical (unpaired) electrons. The summed E-state index contributed by atoms with van der Waals surface area (Å²) in [5, 5.41) is 21.7. The van der Waals surface area contributed by atoms with E-state index in [4.69, 9.17) is 4.74 Å². The van der Waals surface area contributed by atoms with Crippen LogP contribution < -0.4 is 10.1 Å². The smallest absolute Gasteiger partial charge is 0.266 e. The van der Waals surface area contributed by atoms with E-state index in [1.165, 1.54) is 26.2 Å². The number of anilines is 1. The molecule has 2 rings (SSSR count). The Morgan fingerprint density at radius 3 is 2.62 bits per heavy atom. The third-order valence-corrected chi connectivity index (χ3v) is 4.11. The Balaban J connectivity index is 2.36. The van der Waals surface area contributed by atoms with Crippen molar-refractivity contribution >= 4 is 39.4 Å². The highest BCUT2D eigenvalue weighted by Gasteiger charge is 2.15. The molecule has 2 aromatic carbocycles. The zero-order chi connectivity index (χ0) is 19.3. The van der Waals surface area contributed by atoms with Crippen LogP contribution in [0.15, 0.2) is 46.4 Å². The Morgan fingerprint density at radius 2 is 2.00 bits per heavy atom. The summed E-state index contributed by atoms with van der Waals surface area (Å²) < 4.78 is 5.41. The number of phenols is 1. The highest BCUT2D eigenvalue weighted by Crippen LogP contribution is 2.35. The number of rotatable bonds is 5. The molecule has 0 unspecified atom stereocenters. The molecule has 7 heteroatoms. The number of ketones is 1. The molecule has 132 valence electrons. The Labute approximate surface area is 158 Å². The number of nitrogens with zero attached hydrogens (tertiary/aromatic N) is 1. The van der Waals surface area contributed by atoms with Crippen LogP contribution in [0.3, 0.4) is 0 Å². The van der Waals surface area contributed by atoms with E-state index in [2.05, 4.69) is 21.2 Å². The Hall–Kier alpha value is -3.11. The number of carbonyl (C=O) groups excluding carboxylic acids is 2. The van der Waals surface area contributed by atoms with E-state index in [1.54, 1.807) is 30.3 Å². The summed E-state index contributed by atoms with van der Waals surface area (Å²) >= 11 is 3.19. The SMILES string of the molecule is COc1cc(/C=C(/C#N)C(=O)Nc2ccccc2C(C)=O)cc(Br)c1O. The minimum atomic E-state index is -0.649. The van der Waals surface area contributed by atoms with Crippen LogP contribution in [0, 0.1) is 11.3 Å². The number of amides is 1. The van der Waals surface area contributed by atoms with Crippen LogP contribution in [-0.4, -0.2) is 23.9 Å². The molecule has 0 saturated heterocycles. The van der Waals surface area contributed by atoms with Crippen molar-refractivity contribution in [3.63, 3.8) is 0 Å².